The van der Waals surface area contributed by atoms with E-state index in [1.165, 1.54) is 6.07 Å². The first-order valence-electron chi connectivity index (χ1n) is 5.67. The SMILES string of the molecule is CC1(C)OB(c2cc(Cl)cc(O)c2F)OC1(C)C. The molecule has 98 valence electrons. The largest absolute Gasteiger partial charge is 0.505 e. The maximum Gasteiger partial charge on any atom is 0.498 e. The smallest absolute Gasteiger partial charge is 0.498 e. The van der Waals surface area contributed by atoms with Crippen molar-refractivity contribution in [2.75, 3.05) is 0 Å². The second kappa shape index (κ2) is 4.12. The molecule has 0 bridgehead atoms. The van der Waals surface area contributed by atoms with Gasteiger partial charge < -0.3 is 14.4 Å². The summed E-state index contributed by atoms with van der Waals surface area (Å²) in [6.45, 7) is 7.48. The molecule has 0 radical (unpaired) electrons. The molecule has 2 rings (SSSR count). The summed E-state index contributed by atoms with van der Waals surface area (Å²) in [4.78, 5) is 0. The molecule has 0 aromatic heterocycles. The second-order valence-corrected chi connectivity index (χ2v) is 5.85. The van der Waals surface area contributed by atoms with E-state index >= 15 is 0 Å². The van der Waals surface area contributed by atoms with Gasteiger partial charge in [0.05, 0.1) is 11.2 Å². The van der Waals surface area contributed by atoms with Gasteiger partial charge in [0.2, 0.25) is 0 Å². The Bertz CT molecular complexity index is 474. The van der Waals surface area contributed by atoms with E-state index in [4.69, 9.17) is 20.9 Å². The number of phenolic OH excluding ortho intramolecular Hbond substituents is 1. The van der Waals surface area contributed by atoms with Crippen LogP contribution in [0.25, 0.3) is 0 Å². The summed E-state index contributed by atoms with van der Waals surface area (Å²) in [6.07, 6.45) is 0. The number of hydrogen-bond donors (Lipinski definition) is 1. The quantitative estimate of drug-likeness (QED) is 0.798. The van der Waals surface area contributed by atoms with Crippen LogP contribution in [0.4, 0.5) is 4.39 Å². The molecule has 1 fully saturated rings. The molecule has 0 saturated carbocycles. The molecule has 18 heavy (non-hydrogen) atoms. The zero-order valence-electron chi connectivity index (χ0n) is 10.8. The summed E-state index contributed by atoms with van der Waals surface area (Å²) in [5.74, 6) is -1.27. The van der Waals surface area contributed by atoms with Crippen LogP contribution >= 0.6 is 11.6 Å². The van der Waals surface area contributed by atoms with Gasteiger partial charge in [-0.15, -0.1) is 0 Å². The predicted octanol–water partition coefficient (Wildman–Crippen LogP) is 2.48. The van der Waals surface area contributed by atoms with E-state index in [0.717, 1.165) is 6.07 Å². The lowest BCUT2D eigenvalue weighted by Gasteiger charge is -2.32. The van der Waals surface area contributed by atoms with Gasteiger partial charge in [-0.25, -0.2) is 4.39 Å². The summed E-state index contributed by atoms with van der Waals surface area (Å²) < 4.78 is 25.3. The van der Waals surface area contributed by atoms with Crippen LogP contribution in [0.5, 0.6) is 5.75 Å². The van der Waals surface area contributed by atoms with Crippen LogP contribution in [0.2, 0.25) is 5.02 Å². The van der Waals surface area contributed by atoms with Crippen LogP contribution in [0.3, 0.4) is 0 Å². The molecule has 1 heterocycles. The van der Waals surface area contributed by atoms with Crippen LogP contribution in [0.15, 0.2) is 12.1 Å². The number of benzene rings is 1. The van der Waals surface area contributed by atoms with E-state index in [9.17, 15) is 9.50 Å². The lowest BCUT2D eigenvalue weighted by atomic mass is 9.78. The minimum absolute atomic E-state index is 0.110. The highest BCUT2D eigenvalue weighted by atomic mass is 35.5. The standard InChI is InChI=1S/C12H15BClFO3/c1-11(2)12(3,4)18-13(17-11)8-5-7(14)6-9(16)10(8)15/h5-6,16H,1-4H3. The molecule has 0 aliphatic carbocycles. The van der Waals surface area contributed by atoms with Crippen molar-refractivity contribution >= 4 is 24.2 Å². The van der Waals surface area contributed by atoms with Gasteiger partial charge in [-0.1, -0.05) is 11.6 Å². The Kier molecular flexibility index (Phi) is 3.12. The van der Waals surface area contributed by atoms with Crippen LogP contribution in [0, 0.1) is 5.82 Å². The molecular weight excluding hydrogens is 257 g/mol. The molecule has 1 aromatic rings. The van der Waals surface area contributed by atoms with Crippen molar-refractivity contribution in [3.05, 3.63) is 23.0 Å². The van der Waals surface area contributed by atoms with E-state index < -0.39 is 29.9 Å². The van der Waals surface area contributed by atoms with Gasteiger partial charge in [-0.2, -0.15) is 0 Å². The molecule has 0 spiro atoms. The average molecular weight is 273 g/mol. The van der Waals surface area contributed by atoms with Gasteiger partial charge >= 0.3 is 7.12 Å². The van der Waals surface area contributed by atoms with Crippen LogP contribution in [-0.4, -0.2) is 23.4 Å². The molecular formula is C12H15BClFO3. The van der Waals surface area contributed by atoms with Crippen LogP contribution < -0.4 is 5.46 Å². The van der Waals surface area contributed by atoms with Gasteiger partial charge in [-0.05, 0) is 33.8 Å². The van der Waals surface area contributed by atoms with Crippen molar-refractivity contribution < 1.29 is 18.8 Å². The Labute approximate surface area is 111 Å². The summed E-state index contributed by atoms with van der Waals surface area (Å²) in [5.41, 5.74) is -1.02. The fourth-order valence-corrected chi connectivity index (χ4v) is 1.96. The molecule has 0 amide bonds. The van der Waals surface area contributed by atoms with Crippen molar-refractivity contribution in [2.24, 2.45) is 0 Å². The Balaban J connectivity index is 2.41. The first-order chi connectivity index (χ1) is 8.14. The topological polar surface area (TPSA) is 38.7 Å². The highest BCUT2D eigenvalue weighted by molar-refractivity contribution is 6.62. The third kappa shape index (κ3) is 2.11. The molecule has 1 N–H and O–H groups in total. The number of aromatic hydroxyl groups is 1. The molecule has 1 aliphatic rings. The number of phenols is 1. The number of hydrogen-bond acceptors (Lipinski definition) is 3. The van der Waals surface area contributed by atoms with E-state index in [1.807, 2.05) is 27.7 Å². The Morgan fingerprint density at radius 3 is 2.17 bits per heavy atom. The van der Waals surface area contributed by atoms with Crippen molar-refractivity contribution in [1.29, 1.82) is 0 Å². The zero-order chi connectivity index (χ0) is 13.7. The lowest BCUT2D eigenvalue weighted by molar-refractivity contribution is 0.00578. The summed E-state index contributed by atoms with van der Waals surface area (Å²) in [6, 6.07) is 2.55. The maximum atomic E-state index is 13.9. The summed E-state index contributed by atoms with van der Waals surface area (Å²) in [5, 5.41) is 9.67. The maximum absolute atomic E-state index is 13.9. The average Bonchev–Trinajstić information content (AvgIpc) is 2.42. The second-order valence-electron chi connectivity index (χ2n) is 5.42. The summed E-state index contributed by atoms with van der Waals surface area (Å²) in [7, 11) is -0.875. The van der Waals surface area contributed by atoms with Crippen LogP contribution in [-0.2, 0) is 9.31 Å². The minimum atomic E-state index is -0.875. The first-order valence-corrected chi connectivity index (χ1v) is 6.05. The molecule has 0 atom stereocenters. The zero-order valence-corrected chi connectivity index (χ0v) is 11.5. The number of halogens is 2. The molecule has 1 saturated heterocycles. The van der Waals surface area contributed by atoms with Crippen LogP contribution in [0.1, 0.15) is 27.7 Å². The predicted molar refractivity (Wildman–Crippen MR) is 68.8 cm³/mol. The Hall–Kier alpha value is -0.775. The van der Waals surface area contributed by atoms with E-state index in [0.29, 0.717) is 0 Å². The van der Waals surface area contributed by atoms with Crippen molar-refractivity contribution in [3.63, 3.8) is 0 Å². The highest BCUT2D eigenvalue weighted by Crippen LogP contribution is 2.37. The third-order valence-corrected chi connectivity index (χ3v) is 3.77. The first kappa shape index (κ1) is 13.7. The fourth-order valence-electron chi connectivity index (χ4n) is 1.74. The van der Waals surface area contributed by atoms with E-state index in [1.54, 1.807) is 0 Å². The van der Waals surface area contributed by atoms with E-state index in [-0.39, 0.29) is 10.5 Å². The van der Waals surface area contributed by atoms with Gasteiger partial charge in [0.15, 0.2) is 11.6 Å². The van der Waals surface area contributed by atoms with Crippen molar-refractivity contribution in [3.8, 4) is 5.75 Å². The molecule has 1 aromatic carbocycles. The van der Waals surface area contributed by atoms with Gasteiger partial charge in [-0.3, -0.25) is 0 Å². The minimum Gasteiger partial charge on any atom is -0.505 e. The lowest BCUT2D eigenvalue weighted by Crippen LogP contribution is -2.41. The summed E-state index contributed by atoms with van der Waals surface area (Å²) >= 11 is 5.80. The molecule has 0 unspecified atom stereocenters. The Morgan fingerprint density at radius 2 is 1.67 bits per heavy atom. The normalized spacial score (nSPS) is 21.3. The van der Waals surface area contributed by atoms with Gasteiger partial charge in [0.25, 0.3) is 0 Å². The Morgan fingerprint density at radius 1 is 1.17 bits per heavy atom. The third-order valence-electron chi connectivity index (χ3n) is 3.55. The monoisotopic (exact) mass is 272 g/mol. The van der Waals surface area contributed by atoms with Gasteiger partial charge in [0.1, 0.15) is 0 Å². The van der Waals surface area contributed by atoms with Crippen molar-refractivity contribution in [1.82, 2.24) is 0 Å². The molecule has 1 aliphatic heterocycles. The fraction of sp³-hybridized carbons (Fsp3) is 0.500. The number of rotatable bonds is 1. The molecule has 6 heteroatoms. The van der Waals surface area contributed by atoms with Crippen molar-refractivity contribution in [2.45, 2.75) is 38.9 Å². The highest BCUT2D eigenvalue weighted by Gasteiger charge is 2.52. The molecule has 3 nitrogen and oxygen atoms in total. The van der Waals surface area contributed by atoms with E-state index in [2.05, 4.69) is 0 Å². The van der Waals surface area contributed by atoms with Gasteiger partial charge in [0, 0.05) is 16.6 Å².